The van der Waals surface area contributed by atoms with E-state index in [0.717, 1.165) is 0 Å². The number of aromatic carboxylic acids is 1. The first-order valence-electron chi connectivity index (χ1n) is 8.15. The van der Waals surface area contributed by atoms with Gasteiger partial charge in [0, 0.05) is 6.54 Å². The molecule has 0 aliphatic carbocycles. The van der Waals surface area contributed by atoms with Crippen LogP contribution in [0.3, 0.4) is 0 Å². The summed E-state index contributed by atoms with van der Waals surface area (Å²) in [6.07, 6.45) is 0.925. The topological polar surface area (TPSA) is 70.5 Å². The smallest absolute Gasteiger partial charge is 0.337 e. The zero-order valence-corrected chi connectivity index (χ0v) is 13.9. The second-order valence-corrected chi connectivity index (χ2v) is 6.30. The lowest BCUT2D eigenvalue weighted by Crippen LogP contribution is -2.46. The summed E-state index contributed by atoms with van der Waals surface area (Å²) in [7, 11) is 0. The molecule has 1 amide bonds. The van der Waals surface area contributed by atoms with Crippen molar-refractivity contribution < 1.29 is 19.1 Å². The van der Waals surface area contributed by atoms with Crippen LogP contribution in [0.2, 0.25) is 0 Å². The molecule has 0 radical (unpaired) electrons. The van der Waals surface area contributed by atoms with Crippen molar-refractivity contribution in [2.24, 2.45) is 0 Å². The van der Waals surface area contributed by atoms with E-state index in [1.54, 1.807) is 31.2 Å². The number of alkyl halides is 1. The third-order valence-electron chi connectivity index (χ3n) is 4.56. The van der Waals surface area contributed by atoms with Crippen molar-refractivity contribution in [3.63, 3.8) is 0 Å². The Balaban J connectivity index is 1.83. The number of nitrogens with zero attached hydrogens (tertiary/aromatic N) is 2. The minimum atomic E-state index is -1.58. The van der Waals surface area contributed by atoms with Gasteiger partial charge < -0.3 is 10.0 Å². The Hall–Kier alpha value is -2.76. The summed E-state index contributed by atoms with van der Waals surface area (Å²) in [4.78, 5) is 29.3. The largest absolute Gasteiger partial charge is 0.478 e. The van der Waals surface area contributed by atoms with Crippen LogP contribution in [0, 0.1) is 6.92 Å². The van der Waals surface area contributed by atoms with E-state index in [1.807, 2.05) is 6.07 Å². The van der Waals surface area contributed by atoms with Crippen LogP contribution in [0.5, 0.6) is 0 Å². The number of likely N-dealkylation sites (tertiary alicyclic amines) is 1. The number of pyridine rings is 1. The highest BCUT2D eigenvalue weighted by Gasteiger charge is 2.39. The zero-order valence-electron chi connectivity index (χ0n) is 13.9. The highest BCUT2D eigenvalue weighted by atomic mass is 19.1. The normalized spacial score (nSPS) is 20.3. The maximum Gasteiger partial charge on any atom is 0.337 e. The molecule has 1 atom stereocenters. The third-order valence-corrected chi connectivity index (χ3v) is 4.56. The minimum absolute atomic E-state index is 0.0305. The third kappa shape index (κ3) is 3.38. The maximum atomic E-state index is 15.4. The van der Waals surface area contributed by atoms with Crippen LogP contribution in [-0.4, -0.2) is 40.0 Å². The molecule has 1 aromatic carbocycles. The van der Waals surface area contributed by atoms with E-state index in [1.165, 1.54) is 17.0 Å². The number of piperidine rings is 1. The number of amides is 1. The molecular formula is C19H19FN2O3. The van der Waals surface area contributed by atoms with Crippen molar-refractivity contribution >= 4 is 11.9 Å². The molecule has 0 saturated carbocycles. The van der Waals surface area contributed by atoms with Gasteiger partial charge in [-0.15, -0.1) is 0 Å². The molecule has 1 fully saturated rings. The van der Waals surface area contributed by atoms with Gasteiger partial charge in [-0.25, -0.2) is 14.2 Å². The number of carbonyl (C=O) groups excluding carboxylic acids is 1. The van der Waals surface area contributed by atoms with E-state index >= 15 is 4.39 Å². The summed E-state index contributed by atoms with van der Waals surface area (Å²) >= 11 is 0. The van der Waals surface area contributed by atoms with Gasteiger partial charge in [-0.3, -0.25) is 4.79 Å². The summed E-state index contributed by atoms with van der Waals surface area (Å²) in [5.74, 6) is -1.47. The number of hydrogen-bond donors (Lipinski definition) is 1. The van der Waals surface area contributed by atoms with E-state index < -0.39 is 11.6 Å². The van der Waals surface area contributed by atoms with E-state index in [-0.39, 0.29) is 29.4 Å². The number of hydrogen-bond acceptors (Lipinski definition) is 3. The van der Waals surface area contributed by atoms with Crippen LogP contribution in [0.4, 0.5) is 4.39 Å². The van der Waals surface area contributed by atoms with Gasteiger partial charge in [0.05, 0.1) is 17.8 Å². The van der Waals surface area contributed by atoms with Crippen molar-refractivity contribution in [3.8, 4) is 0 Å². The van der Waals surface area contributed by atoms with Crippen LogP contribution in [0.1, 0.15) is 44.9 Å². The standard InChI is InChI=1S/C19H19FN2O3/c1-13-15(18(24)25)8-9-16(21-13)17(23)22-11-5-10-19(20,12-22)14-6-3-2-4-7-14/h2-4,6-9H,5,10-12H2,1H3,(H,24,25). The highest BCUT2D eigenvalue weighted by molar-refractivity contribution is 5.94. The lowest BCUT2D eigenvalue weighted by Gasteiger charge is -2.37. The van der Waals surface area contributed by atoms with Crippen LogP contribution in [-0.2, 0) is 5.67 Å². The number of benzene rings is 1. The summed E-state index contributed by atoms with van der Waals surface area (Å²) in [5.41, 5.74) is -0.549. The van der Waals surface area contributed by atoms with Gasteiger partial charge in [0.2, 0.25) is 0 Å². The van der Waals surface area contributed by atoms with E-state index in [2.05, 4.69) is 4.98 Å². The Kier molecular flexibility index (Phi) is 4.53. The van der Waals surface area contributed by atoms with Crippen molar-refractivity contribution in [1.82, 2.24) is 9.88 Å². The molecule has 1 N–H and O–H groups in total. The van der Waals surface area contributed by atoms with Gasteiger partial charge >= 0.3 is 5.97 Å². The molecule has 6 heteroatoms. The summed E-state index contributed by atoms with van der Waals surface area (Å²) in [6, 6.07) is 11.6. The average molecular weight is 342 g/mol. The number of rotatable bonds is 3. The molecule has 1 saturated heterocycles. The summed E-state index contributed by atoms with van der Waals surface area (Å²) in [6.45, 7) is 1.97. The Morgan fingerprint density at radius 3 is 2.56 bits per heavy atom. The molecular weight excluding hydrogens is 323 g/mol. The van der Waals surface area contributed by atoms with Crippen molar-refractivity contribution in [2.45, 2.75) is 25.4 Å². The number of halogens is 1. The van der Waals surface area contributed by atoms with Crippen molar-refractivity contribution in [1.29, 1.82) is 0 Å². The molecule has 5 nitrogen and oxygen atoms in total. The van der Waals surface area contributed by atoms with E-state index in [0.29, 0.717) is 24.9 Å². The minimum Gasteiger partial charge on any atom is -0.478 e. The first-order valence-corrected chi connectivity index (χ1v) is 8.15. The van der Waals surface area contributed by atoms with Gasteiger partial charge in [-0.1, -0.05) is 30.3 Å². The van der Waals surface area contributed by atoms with Crippen LogP contribution >= 0.6 is 0 Å². The molecule has 1 aromatic heterocycles. The molecule has 1 aliphatic rings. The molecule has 25 heavy (non-hydrogen) atoms. The fourth-order valence-corrected chi connectivity index (χ4v) is 3.22. The molecule has 2 aromatic rings. The Labute approximate surface area is 145 Å². The molecule has 130 valence electrons. The predicted octanol–water partition coefficient (Wildman–Crippen LogP) is 3.19. The summed E-state index contributed by atoms with van der Waals surface area (Å²) in [5, 5.41) is 9.05. The maximum absolute atomic E-state index is 15.4. The van der Waals surface area contributed by atoms with Crippen LogP contribution < -0.4 is 0 Å². The molecule has 2 heterocycles. The van der Waals surface area contributed by atoms with E-state index in [4.69, 9.17) is 5.11 Å². The number of carboxylic acid groups (broad SMARTS) is 1. The molecule has 1 unspecified atom stereocenters. The fraction of sp³-hybridized carbons (Fsp3) is 0.316. The average Bonchev–Trinajstić information content (AvgIpc) is 2.61. The van der Waals surface area contributed by atoms with Crippen LogP contribution in [0.25, 0.3) is 0 Å². The Morgan fingerprint density at radius 1 is 1.20 bits per heavy atom. The van der Waals surface area contributed by atoms with Gasteiger partial charge in [-0.05, 0) is 37.5 Å². The van der Waals surface area contributed by atoms with Gasteiger partial charge in [0.1, 0.15) is 5.69 Å². The number of carboxylic acids is 1. The molecule has 0 spiro atoms. The first-order chi connectivity index (χ1) is 11.9. The number of aromatic nitrogens is 1. The predicted molar refractivity (Wildman–Crippen MR) is 90.3 cm³/mol. The monoisotopic (exact) mass is 342 g/mol. The van der Waals surface area contributed by atoms with E-state index in [9.17, 15) is 9.59 Å². The van der Waals surface area contributed by atoms with Gasteiger partial charge in [0.25, 0.3) is 5.91 Å². The number of aryl methyl sites for hydroxylation is 1. The molecule has 3 rings (SSSR count). The quantitative estimate of drug-likeness (QED) is 0.930. The Morgan fingerprint density at radius 2 is 1.92 bits per heavy atom. The summed E-state index contributed by atoms with van der Waals surface area (Å²) < 4.78 is 15.4. The van der Waals surface area contributed by atoms with Gasteiger partial charge in [0.15, 0.2) is 5.67 Å². The highest BCUT2D eigenvalue weighted by Crippen LogP contribution is 2.35. The van der Waals surface area contributed by atoms with Crippen molar-refractivity contribution in [2.75, 3.05) is 13.1 Å². The fourth-order valence-electron chi connectivity index (χ4n) is 3.22. The second kappa shape index (κ2) is 6.63. The lowest BCUT2D eigenvalue weighted by atomic mass is 9.87. The first kappa shape index (κ1) is 17.1. The molecule has 1 aliphatic heterocycles. The van der Waals surface area contributed by atoms with Crippen LogP contribution in [0.15, 0.2) is 42.5 Å². The van der Waals surface area contributed by atoms with Crippen molar-refractivity contribution in [3.05, 3.63) is 65.0 Å². The Bertz CT molecular complexity index is 810. The zero-order chi connectivity index (χ0) is 18.0. The number of carbonyl (C=O) groups is 2. The second-order valence-electron chi connectivity index (χ2n) is 6.30. The lowest BCUT2D eigenvalue weighted by molar-refractivity contribution is 0.0320. The SMILES string of the molecule is Cc1nc(C(=O)N2CCCC(F)(c3ccccc3)C2)ccc1C(=O)O. The molecule has 0 bridgehead atoms. The van der Waals surface area contributed by atoms with Gasteiger partial charge in [-0.2, -0.15) is 0 Å².